The van der Waals surface area contributed by atoms with E-state index in [9.17, 15) is 4.79 Å². The van der Waals surface area contributed by atoms with Crippen LogP contribution < -0.4 is 14.8 Å². The average Bonchev–Trinajstić information content (AvgIpc) is 2.44. The number of benzene rings is 1. The predicted molar refractivity (Wildman–Crippen MR) is 77.8 cm³/mol. The minimum atomic E-state index is -0.455. The van der Waals surface area contributed by atoms with Crippen LogP contribution in [0.15, 0.2) is 12.1 Å². The van der Waals surface area contributed by atoms with E-state index in [1.807, 2.05) is 0 Å². The zero-order valence-electron chi connectivity index (χ0n) is 10.8. The van der Waals surface area contributed by atoms with Gasteiger partial charge in [0.1, 0.15) is 16.3 Å². The van der Waals surface area contributed by atoms with Crippen LogP contribution in [0.1, 0.15) is 0 Å². The topological polar surface area (TPSA) is 56.8 Å². The highest BCUT2D eigenvalue weighted by Gasteiger charge is 2.16. The highest BCUT2D eigenvalue weighted by Crippen LogP contribution is 2.35. The zero-order valence-corrected chi connectivity index (χ0v) is 13.2. The van der Waals surface area contributed by atoms with Crippen molar-refractivity contribution in [3.05, 3.63) is 17.2 Å². The second kappa shape index (κ2) is 7.45. The number of hydrogen-bond acceptors (Lipinski definition) is 5. The van der Waals surface area contributed by atoms with Crippen molar-refractivity contribution in [2.45, 2.75) is 4.83 Å². The Morgan fingerprint density at radius 1 is 1.32 bits per heavy atom. The molecule has 1 aromatic rings. The van der Waals surface area contributed by atoms with Crippen LogP contribution in [0.2, 0.25) is 5.02 Å². The molecule has 0 aromatic heterocycles. The summed E-state index contributed by atoms with van der Waals surface area (Å²) in [6.07, 6.45) is 0. The van der Waals surface area contributed by atoms with Gasteiger partial charge in [-0.1, -0.05) is 27.5 Å². The number of methoxy groups -OCH3 is 3. The second-order valence-electron chi connectivity index (χ2n) is 3.56. The van der Waals surface area contributed by atoms with E-state index >= 15 is 0 Å². The van der Waals surface area contributed by atoms with Crippen molar-refractivity contribution >= 4 is 39.2 Å². The van der Waals surface area contributed by atoms with E-state index in [4.69, 9.17) is 21.1 Å². The molecule has 0 fully saturated rings. The lowest BCUT2D eigenvalue weighted by atomic mass is 10.2. The quantitative estimate of drug-likeness (QED) is 0.630. The maximum atomic E-state index is 11.3. The van der Waals surface area contributed by atoms with Gasteiger partial charge in [0.25, 0.3) is 0 Å². The maximum absolute atomic E-state index is 11.3. The third kappa shape index (κ3) is 4.18. The Morgan fingerprint density at radius 2 is 1.95 bits per heavy atom. The minimum Gasteiger partial charge on any atom is -0.495 e. The number of carbonyl (C=O) groups is 1. The Kier molecular flexibility index (Phi) is 6.24. The SMILES string of the molecule is COC(=O)C(Br)CNc1cc(OC)c(Cl)cc1OC. The Balaban J connectivity index is 2.84. The third-order valence-corrected chi connectivity index (χ3v) is 3.40. The average molecular weight is 353 g/mol. The molecule has 7 heteroatoms. The number of rotatable bonds is 6. The molecule has 1 aromatic carbocycles. The number of ether oxygens (including phenoxy) is 3. The molecule has 0 saturated carbocycles. The lowest BCUT2D eigenvalue weighted by molar-refractivity contribution is -0.139. The van der Waals surface area contributed by atoms with Gasteiger partial charge in [-0.2, -0.15) is 0 Å². The van der Waals surface area contributed by atoms with Crippen LogP contribution in [0.3, 0.4) is 0 Å². The largest absolute Gasteiger partial charge is 0.495 e. The van der Waals surface area contributed by atoms with Gasteiger partial charge < -0.3 is 19.5 Å². The van der Waals surface area contributed by atoms with Crippen LogP contribution in [-0.4, -0.2) is 38.7 Å². The van der Waals surface area contributed by atoms with Crippen LogP contribution in [0.25, 0.3) is 0 Å². The predicted octanol–water partition coefficient (Wildman–Crippen LogP) is 2.71. The molecule has 0 aliphatic heterocycles. The van der Waals surface area contributed by atoms with E-state index in [-0.39, 0.29) is 5.97 Å². The van der Waals surface area contributed by atoms with Gasteiger partial charge in [0, 0.05) is 18.7 Å². The lowest BCUT2D eigenvalue weighted by Crippen LogP contribution is -2.24. The van der Waals surface area contributed by atoms with Gasteiger partial charge in [0.15, 0.2) is 0 Å². The molecule has 0 heterocycles. The van der Waals surface area contributed by atoms with E-state index < -0.39 is 4.83 Å². The van der Waals surface area contributed by atoms with Crippen molar-refractivity contribution in [2.75, 3.05) is 33.2 Å². The summed E-state index contributed by atoms with van der Waals surface area (Å²) in [6, 6.07) is 3.35. The van der Waals surface area contributed by atoms with Crippen molar-refractivity contribution in [2.24, 2.45) is 0 Å². The summed E-state index contributed by atoms with van der Waals surface area (Å²) in [4.78, 5) is 10.8. The first-order valence-corrected chi connectivity index (χ1v) is 6.70. The Morgan fingerprint density at radius 3 is 2.47 bits per heavy atom. The molecule has 0 aliphatic carbocycles. The molecule has 5 nitrogen and oxygen atoms in total. The van der Waals surface area contributed by atoms with E-state index in [0.717, 1.165) is 0 Å². The Labute approximate surface area is 125 Å². The number of alkyl halides is 1. The summed E-state index contributed by atoms with van der Waals surface area (Å²) in [6.45, 7) is 0.341. The van der Waals surface area contributed by atoms with Gasteiger partial charge in [-0.25, -0.2) is 0 Å². The van der Waals surface area contributed by atoms with Crippen molar-refractivity contribution in [3.8, 4) is 11.5 Å². The molecule has 1 N–H and O–H groups in total. The smallest absolute Gasteiger partial charge is 0.321 e. The normalized spacial score (nSPS) is 11.6. The molecule has 0 bridgehead atoms. The molecule has 1 atom stereocenters. The van der Waals surface area contributed by atoms with Gasteiger partial charge in [0.05, 0.1) is 32.0 Å². The van der Waals surface area contributed by atoms with E-state index in [2.05, 4.69) is 26.0 Å². The van der Waals surface area contributed by atoms with Crippen LogP contribution in [-0.2, 0) is 9.53 Å². The van der Waals surface area contributed by atoms with Crippen molar-refractivity contribution in [1.82, 2.24) is 0 Å². The Bertz CT molecular complexity index is 456. The number of nitrogens with one attached hydrogen (secondary N) is 1. The van der Waals surface area contributed by atoms with E-state index in [1.165, 1.54) is 21.3 Å². The van der Waals surface area contributed by atoms with Gasteiger partial charge >= 0.3 is 5.97 Å². The molecule has 0 aliphatic rings. The number of esters is 1. The third-order valence-electron chi connectivity index (χ3n) is 2.40. The van der Waals surface area contributed by atoms with Crippen LogP contribution in [0.4, 0.5) is 5.69 Å². The summed E-state index contributed by atoms with van der Waals surface area (Å²) >= 11 is 9.22. The molecule has 1 rings (SSSR count). The van der Waals surface area contributed by atoms with Gasteiger partial charge in [-0.15, -0.1) is 0 Å². The highest BCUT2D eigenvalue weighted by molar-refractivity contribution is 9.10. The highest BCUT2D eigenvalue weighted by atomic mass is 79.9. The summed E-state index contributed by atoms with van der Waals surface area (Å²) in [7, 11) is 4.40. The fourth-order valence-electron chi connectivity index (χ4n) is 1.41. The molecule has 19 heavy (non-hydrogen) atoms. The Hall–Kier alpha value is -1.14. The summed E-state index contributed by atoms with van der Waals surface area (Å²) in [5.74, 6) is 0.733. The monoisotopic (exact) mass is 351 g/mol. The molecule has 0 amide bonds. The van der Waals surface area contributed by atoms with Gasteiger partial charge in [0.2, 0.25) is 0 Å². The van der Waals surface area contributed by atoms with Crippen molar-refractivity contribution in [1.29, 1.82) is 0 Å². The molecular weight excluding hydrogens is 337 g/mol. The summed E-state index contributed by atoms with van der Waals surface area (Å²) < 4.78 is 15.0. The fraction of sp³-hybridized carbons (Fsp3) is 0.417. The van der Waals surface area contributed by atoms with E-state index in [1.54, 1.807) is 12.1 Å². The molecule has 0 spiro atoms. The molecule has 106 valence electrons. The summed E-state index contributed by atoms with van der Waals surface area (Å²) in [5.41, 5.74) is 0.678. The number of halogens is 2. The van der Waals surface area contributed by atoms with Crippen molar-refractivity contribution < 1.29 is 19.0 Å². The second-order valence-corrected chi connectivity index (χ2v) is 5.07. The number of carbonyl (C=O) groups excluding carboxylic acids is 1. The molecule has 0 saturated heterocycles. The minimum absolute atomic E-state index is 0.341. The summed E-state index contributed by atoms with van der Waals surface area (Å²) in [5, 5.41) is 3.52. The first-order valence-electron chi connectivity index (χ1n) is 5.40. The van der Waals surface area contributed by atoms with Gasteiger partial charge in [-0.3, -0.25) is 4.79 Å². The van der Waals surface area contributed by atoms with Crippen LogP contribution in [0, 0.1) is 0 Å². The van der Waals surface area contributed by atoms with Crippen molar-refractivity contribution in [3.63, 3.8) is 0 Å². The molecule has 1 unspecified atom stereocenters. The lowest BCUT2D eigenvalue weighted by Gasteiger charge is -2.15. The van der Waals surface area contributed by atoms with Gasteiger partial charge in [-0.05, 0) is 0 Å². The maximum Gasteiger partial charge on any atom is 0.321 e. The molecule has 0 radical (unpaired) electrons. The molecular formula is C12H15BrClNO4. The fourth-order valence-corrected chi connectivity index (χ4v) is 1.99. The number of anilines is 1. The zero-order chi connectivity index (χ0) is 14.4. The first kappa shape index (κ1) is 15.9. The van der Waals surface area contributed by atoms with Crippen LogP contribution in [0.5, 0.6) is 11.5 Å². The van der Waals surface area contributed by atoms with E-state index in [0.29, 0.717) is 28.8 Å². The first-order chi connectivity index (χ1) is 9.03. The van der Waals surface area contributed by atoms with Crippen LogP contribution >= 0.6 is 27.5 Å². The number of hydrogen-bond donors (Lipinski definition) is 1. The standard InChI is InChI=1S/C12H15BrClNO4/c1-17-10-5-9(11(18-2)4-8(10)14)15-6-7(13)12(16)19-3/h4-5,7,15H,6H2,1-3H3.